The number of hydrogen-bond donors (Lipinski definition) is 1. The predicted molar refractivity (Wildman–Crippen MR) is 74.2 cm³/mol. The summed E-state index contributed by atoms with van der Waals surface area (Å²) >= 11 is 3.18. The van der Waals surface area contributed by atoms with Crippen molar-refractivity contribution in [3.8, 4) is 0 Å². The Morgan fingerprint density at radius 1 is 1.00 bits per heavy atom. The van der Waals surface area contributed by atoms with Crippen LogP contribution in [0.3, 0.4) is 0 Å². The number of hydrogen-bond acceptors (Lipinski definition) is 1. The summed E-state index contributed by atoms with van der Waals surface area (Å²) in [6.07, 6.45) is -3.18. The van der Waals surface area contributed by atoms with Crippen LogP contribution in [0, 0.1) is 5.82 Å². The van der Waals surface area contributed by atoms with Crippen LogP contribution >= 0.6 is 15.9 Å². The third kappa shape index (κ3) is 3.84. The van der Waals surface area contributed by atoms with Gasteiger partial charge in [0.15, 0.2) is 0 Å². The highest BCUT2D eigenvalue weighted by atomic mass is 79.9. The Morgan fingerprint density at radius 2 is 1.60 bits per heavy atom. The second-order valence-electron chi connectivity index (χ2n) is 4.46. The van der Waals surface area contributed by atoms with Gasteiger partial charge < -0.3 is 5.11 Å². The highest BCUT2D eigenvalue weighted by Gasteiger charge is 2.12. The first-order valence-electron chi connectivity index (χ1n) is 5.97. The number of aliphatic hydroxyl groups excluding tert-OH is 1. The van der Waals surface area contributed by atoms with E-state index in [4.69, 9.17) is 0 Å². The molecule has 1 nitrogen and oxygen atoms in total. The maximum atomic E-state index is 13.2. The van der Waals surface area contributed by atoms with Gasteiger partial charge in [0.05, 0.1) is 6.10 Å². The van der Waals surface area contributed by atoms with Gasteiger partial charge in [-0.3, -0.25) is 0 Å². The minimum atomic E-state index is -2.53. The van der Waals surface area contributed by atoms with Gasteiger partial charge in [-0.25, -0.2) is 13.2 Å². The summed E-state index contributed by atoms with van der Waals surface area (Å²) in [7, 11) is 0. The van der Waals surface area contributed by atoms with Crippen LogP contribution in [0.15, 0.2) is 46.9 Å². The van der Waals surface area contributed by atoms with E-state index in [2.05, 4.69) is 15.9 Å². The normalized spacial score (nSPS) is 12.7. The molecule has 106 valence electrons. The smallest absolute Gasteiger partial charge is 0.263 e. The van der Waals surface area contributed by atoms with Crippen LogP contribution in [0.5, 0.6) is 0 Å². The van der Waals surface area contributed by atoms with Gasteiger partial charge in [-0.15, -0.1) is 0 Å². The Bertz CT molecular complexity index is 564. The molecule has 0 aromatic heterocycles. The van der Waals surface area contributed by atoms with Crippen molar-refractivity contribution in [2.75, 3.05) is 0 Å². The SMILES string of the molecule is OC(Cc1cc(F)cc(Br)c1)c1ccc(C(F)F)cc1. The monoisotopic (exact) mass is 344 g/mol. The van der Waals surface area contributed by atoms with Crippen molar-refractivity contribution in [3.63, 3.8) is 0 Å². The Morgan fingerprint density at radius 3 is 2.15 bits per heavy atom. The average molecular weight is 345 g/mol. The Labute approximate surface area is 123 Å². The molecule has 1 atom stereocenters. The molecule has 0 heterocycles. The summed E-state index contributed by atoms with van der Waals surface area (Å²) in [5, 5.41) is 10.1. The fraction of sp³-hybridized carbons (Fsp3) is 0.200. The van der Waals surface area contributed by atoms with Gasteiger partial charge in [-0.2, -0.15) is 0 Å². The number of alkyl halides is 2. The first kappa shape index (κ1) is 15.1. The van der Waals surface area contributed by atoms with Gasteiger partial charge in [-0.05, 0) is 29.3 Å². The van der Waals surface area contributed by atoms with E-state index in [1.807, 2.05) is 0 Å². The quantitative estimate of drug-likeness (QED) is 0.844. The predicted octanol–water partition coefficient (Wildman–Crippen LogP) is 4.80. The second-order valence-corrected chi connectivity index (χ2v) is 5.38. The van der Waals surface area contributed by atoms with Crippen LogP contribution in [-0.4, -0.2) is 5.11 Å². The van der Waals surface area contributed by atoms with Gasteiger partial charge in [0.1, 0.15) is 5.82 Å². The second kappa shape index (κ2) is 6.41. The summed E-state index contributed by atoms with van der Waals surface area (Å²) in [5.41, 5.74) is 1.06. The van der Waals surface area contributed by atoms with Crippen LogP contribution < -0.4 is 0 Å². The maximum Gasteiger partial charge on any atom is 0.263 e. The molecule has 1 unspecified atom stereocenters. The number of benzene rings is 2. The highest BCUT2D eigenvalue weighted by Crippen LogP contribution is 2.24. The zero-order chi connectivity index (χ0) is 14.7. The highest BCUT2D eigenvalue weighted by molar-refractivity contribution is 9.10. The van der Waals surface area contributed by atoms with Crippen LogP contribution in [-0.2, 0) is 6.42 Å². The average Bonchev–Trinajstić information content (AvgIpc) is 2.37. The van der Waals surface area contributed by atoms with Crippen LogP contribution in [0.25, 0.3) is 0 Å². The van der Waals surface area contributed by atoms with Crippen molar-refractivity contribution in [2.24, 2.45) is 0 Å². The van der Waals surface area contributed by atoms with E-state index in [1.165, 1.54) is 36.4 Å². The maximum absolute atomic E-state index is 13.2. The molecule has 0 aliphatic carbocycles. The summed E-state index contributed by atoms with van der Waals surface area (Å²) in [4.78, 5) is 0. The molecular weight excluding hydrogens is 333 g/mol. The van der Waals surface area contributed by atoms with Crippen molar-refractivity contribution in [1.29, 1.82) is 0 Å². The van der Waals surface area contributed by atoms with E-state index < -0.39 is 18.3 Å². The lowest BCUT2D eigenvalue weighted by atomic mass is 10.0. The van der Waals surface area contributed by atoms with Gasteiger partial charge in [0.25, 0.3) is 6.43 Å². The standard InChI is InChI=1S/C15H12BrF3O/c16-12-5-9(6-13(17)8-12)7-14(20)10-1-3-11(4-2-10)15(18)19/h1-6,8,14-15,20H,7H2. The number of halogens is 4. The molecule has 2 aromatic rings. The lowest BCUT2D eigenvalue weighted by Gasteiger charge is -2.12. The minimum Gasteiger partial charge on any atom is -0.388 e. The van der Waals surface area contributed by atoms with Gasteiger partial charge in [0, 0.05) is 16.5 Å². The molecule has 5 heteroatoms. The molecule has 0 spiro atoms. The van der Waals surface area contributed by atoms with Gasteiger partial charge in [0.2, 0.25) is 0 Å². The minimum absolute atomic E-state index is 0.0885. The largest absolute Gasteiger partial charge is 0.388 e. The Kier molecular flexibility index (Phi) is 4.83. The van der Waals surface area contributed by atoms with Crippen molar-refractivity contribution in [2.45, 2.75) is 19.0 Å². The van der Waals surface area contributed by atoms with E-state index in [0.717, 1.165) is 0 Å². The first-order chi connectivity index (χ1) is 9.45. The third-order valence-electron chi connectivity index (χ3n) is 2.92. The van der Waals surface area contributed by atoms with E-state index >= 15 is 0 Å². The molecule has 0 aliphatic rings. The fourth-order valence-electron chi connectivity index (χ4n) is 1.93. The molecule has 0 aliphatic heterocycles. The summed E-state index contributed by atoms with van der Waals surface area (Å²) in [6.45, 7) is 0. The van der Waals surface area contributed by atoms with Crippen LogP contribution in [0.4, 0.5) is 13.2 Å². The van der Waals surface area contributed by atoms with E-state index in [0.29, 0.717) is 15.6 Å². The molecule has 2 rings (SSSR count). The molecule has 20 heavy (non-hydrogen) atoms. The van der Waals surface area contributed by atoms with Crippen molar-refractivity contribution < 1.29 is 18.3 Å². The van der Waals surface area contributed by atoms with Crippen LogP contribution in [0.2, 0.25) is 0 Å². The molecule has 0 radical (unpaired) electrons. The zero-order valence-electron chi connectivity index (χ0n) is 10.4. The van der Waals surface area contributed by atoms with Crippen molar-refractivity contribution in [3.05, 3.63) is 69.4 Å². The number of rotatable bonds is 4. The molecule has 2 aromatic carbocycles. The summed E-state index contributed by atoms with van der Waals surface area (Å²) < 4.78 is 38.7. The Balaban J connectivity index is 2.13. The topological polar surface area (TPSA) is 20.2 Å². The lowest BCUT2D eigenvalue weighted by molar-refractivity contribution is 0.151. The molecule has 0 amide bonds. The van der Waals surface area contributed by atoms with Crippen molar-refractivity contribution in [1.82, 2.24) is 0 Å². The summed E-state index contributed by atoms with van der Waals surface area (Å²) in [5.74, 6) is -0.394. The molecule has 0 saturated carbocycles. The Hall–Kier alpha value is -1.33. The summed E-state index contributed by atoms with van der Waals surface area (Å²) in [6, 6.07) is 9.85. The van der Waals surface area contributed by atoms with Gasteiger partial charge >= 0.3 is 0 Å². The van der Waals surface area contributed by atoms with Crippen LogP contribution in [0.1, 0.15) is 29.2 Å². The molecule has 0 saturated heterocycles. The first-order valence-corrected chi connectivity index (χ1v) is 6.76. The molecule has 0 fully saturated rings. The fourth-order valence-corrected chi connectivity index (χ4v) is 2.45. The van der Waals surface area contributed by atoms with Crippen molar-refractivity contribution >= 4 is 15.9 Å². The van der Waals surface area contributed by atoms with E-state index in [-0.39, 0.29) is 12.0 Å². The molecular formula is C15H12BrF3O. The van der Waals surface area contributed by atoms with Gasteiger partial charge in [-0.1, -0.05) is 40.2 Å². The number of aliphatic hydroxyl groups is 1. The lowest BCUT2D eigenvalue weighted by Crippen LogP contribution is -2.02. The zero-order valence-corrected chi connectivity index (χ0v) is 11.9. The molecule has 0 bridgehead atoms. The molecule has 1 N–H and O–H groups in total. The van der Waals surface area contributed by atoms with E-state index in [9.17, 15) is 18.3 Å². The third-order valence-corrected chi connectivity index (χ3v) is 3.38. The van der Waals surface area contributed by atoms with E-state index in [1.54, 1.807) is 6.07 Å².